The van der Waals surface area contributed by atoms with Gasteiger partial charge < -0.3 is 28.5 Å². The Balaban J connectivity index is 1.39. The minimum Gasteiger partial charge on any atom is -0.493 e. The molecule has 0 spiro atoms. The molecular formula is C34H52N2O7P. The summed E-state index contributed by atoms with van der Waals surface area (Å²) in [7, 11) is -0.990. The number of ether oxygens (including phenoxy) is 3. The second kappa shape index (κ2) is 19.6. The van der Waals surface area contributed by atoms with Crippen molar-refractivity contribution in [3.05, 3.63) is 72.7 Å². The number of phosphoric ester groups is 1. The van der Waals surface area contributed by atoms with Gasteiger partial charge in [-0.05, 0) is 31.5 Å². The first-order valence-corrected chi connectivity index (χ1v) is 17.4. The fourth-order valence-electron chi connectivity index (χ4n) is 4.89. The Kier molecular flexibility index (Phi) is 16.0. The van der Waals surface area contributed by atoms with Crippen LogP contribution in [-0.2, 0) is 20.4 Å². The van der Waals surface area contributed by atoms with Crippen LogP contribution in [0.2, 0.25) is 0 Å². The third-order valence-electron chi connectivity index (χ3n) is 7.53. The monoisotopic (exact) mass is 631 g/mol. The number of rotatable bonds is 23. The molecule has 0 bridgehead atoms. The molecule has 2 atom stereocenters. The van der Waals surface area contributed by atoms with Gasteiger partial charge in [-0.15, -0.1) is 0 Å². The molecular weight excluding hydrogens is 579 g/mol. The van der Waals surface area contributed by atoms with Crippen molar-refractivity contribution in [2.24, 2.45) is 0 Å². The largest absolute Gasteiger partial charge is 0.527 e. The van der Waals surface area contributed by atoms with Crippen LogP contribution in [0.5, 0.6) is 17.2 Å². The summed E-state index contributed by atoms with van der Waals surface area (Å²) in [5.41, 5.74) is 1.65. The van der Waals surface area contributed by atoms with Gasteiger partial charge in [0.1, 0.15) is 36.6 Å². The van der Waals surface area contributed by atoms with Crippen molar-refractivity contribution in [2.45, 2.75) is 90.7 Å². The summed E-state index contributed by atoms with van der Waals surface area (Å²) in [4.78, 5) is 14.3. The predicted molar refractivity (Wildman–Crippen MR) is 174 cm³/mol. The molecule has 0 saturated heterocycles. The smallest absolute Gasteiger partial charge is 0.493 e. The number of unbranched alkanes of at least 4 members (excludes halogenated alkanes) is 9. The van der Waals surface area contributed by atoms with Gasteiger partial charge in [-0.1, -0.05) is 89.0 Å². The number of nitrogens with zero attached hydrogens (tertiary/aromatic N) is 2. The zero-order chi connectivity index (χ0) is 31.6. The zero-order valence-corrected chi connectivity index (χ0v) is 27.9. The van der Waals surface area contributed by atoms with Crippen LogP contribution < -0.4 is 14.0 Å². The molecule has 1 heterocycles. The number of hydrogen-bond donors (Lipinski definition) is 1. The van der Waals surface area contributed by atoms with Crippen molar-refractivity contribution in [1.29, 1.82) is 0 Å². The first-order chi connectivity index (χ1) is 21.3. The molecule has 245 valence electrons. The van der Waals surface area contributed by atoms with E-state index in [1.54, 1.807) is 12.1 Å². The Hall–Kier alpha value is -2.71. The van der Waals surface area contributed by atoms with Crippen molar-refractivity contribution in [3.63, 3.8) is 0 Å². The quantitative estimate of drug-likeness (QED) is 0.0962. The molecule has 10 heteroatoms. The van der Waals surface area contributed by atoms with Crippen LogP contribution in [0.3, 0.4) is 0 Å². The average molecular weight is 632 g/mol. The standard InChI is InChI=1S/C34H52N2O7P/c1-5-6-7-8-9-10-11-12-13-16-24-40-32-20-17-21-33(29(32)2)41-26-31(39-4)27-42-44(37,38)43-34-19-15-14-18-30(34)25-36-23-22-35(3)28-36/h14-15,17-23,28,31H,5-13,16,24-27H2,1-4H3,(H,37,38). The lowest BCUT2D eigenvalue weighted by Crippen LogP contribution is -2.26. The SMILES string of the molecule is CCCCCCCCCCCCOc1cccc(OCC(COP(=O)(O)Oc2ccccc2CN2[CH]N(C)C=C2)OC)c1C. The van der Waals surface area contributed by atoms with E-state index >= 15 is 0 Å². The second-order valence-electron chi connectivity index (χ2n) is 11.3. The van der Waals surface area contributed by atoms with Crippen LogP contribution in [0, 0.1) is 13.6 Å². The molecule has 1 aliphatic rings. The highest BCUT2D eigenvalue weighted by molar-refractivity contribution is 7.47. The van der Waals surface area contributed by atoms with Crippen molar-refractivity contribution < 1.29 is 32.7 Å². The van der Waals surface area contributed by atoms with E-state index in [0.717, 1.165) is 23.3 Å². The maximum atomic E-state index is 12.8. The lowest BCUT2D eigenvalue weighted by molar-refractivity contribution is 0.0158. The van der Waals surface area contributed by atoms with Crippen LogP contribution in [0.25, 0.3) is 0 Å². The maximum Gasteiger partial charge on any atom is 0.527 e. The minimum absolute atomic E-state index is 0.125. The molecule has 0 aromatic heterocycles. The highest BCUT2D eigenvalue weighted by Gasteiger charge is 2.27. The number of methoxy groups -OCH3 is 1. The van der Waals surface area contributed by atoms with Crippen LogP contribution >= 0.6 is 7.82 Å². The number of phosphoric acid groups is 1. The Morgan fingerprint density at radius 2 is 1.45 bits per heavy atom. The minimum atomic E-state index is -4.42. The van der Waals surface area contributed by atoms with Gasteiger partial charge in [0.25, 0.3) is 0 Å². The Morgan fingerprint density at radius 3 is 2.11 bits per heavy atom. The van der Waals surface area contributed by atoms with E-state index in [0.29, 0.717) is 18.9 Å². The zero-order valence-electron chi connectivity index (χ0n) is 27.0. The van der Waals surface area contributed by atoms with Crippen LogP contribution in [-0.4, -0.2) is 54.8 Å². The van der Waals surface area contributed by atoms with E-state index in [1.165, 1.54) is 64.9 Å². The van der Waals surface area contributed by atoms with E-state index < -0.39 is 13.9 Å². The Morgan fingerprint density at radius 1 is 0.818 bits per heavy atom. The second-order valence-corrected chi connectivity index (χ2v) is 12.7. The third kappa shape index (κ3) is 13.1. The molecule has 9 nitrogen and oxygen atoms in total. The maximum absolute atomic E-state index is 12.8. The van der Waals surface area contributed by atoms with Crippen LogP contribution in [0.1, 0.15) is 82.3 Å². The molecule has 2 aromatic rings. The molecule has 1 radical (unpaired) electrons. The van der Waals surface area contributed by atoms with Gasteiger partial charge in [0, 0.05) is 44.2 Å². The van der Waals surface area contributed by atoms with E-state index in [-0.39, 0.29) is 19.0 Å². The number of benzene rings is 2. The van der Waals surface area contributed by atoms with Gasteiger partial charge in [0.2, 0.25) is 0 Å². The lowest BCUT2D eigenvalue weighted by atomic mass is 10.1. The van der Waals surface area contributed by atoms with Crippen molar-refractivity contribution in [1.82, 2.24) is 9.80 Å². The summed E-state index contributed by atoms with van der Waals surface area (Å²) in [6.45, 7) is 7.22. The average Bonchev–Trinajstić information content (AvgIpc) is 3.42. The highest BCUT2D eigenvalue weighted by atomic mass is 31.2. The first-order valence-electron chi connectivity index (χ1n) is 15.9. The van der Waals surface area contributed by atoms with Gasteiger partial charge in [-0.25, -0.2) is 4.57 Å². The molecule has 0 saturated carbocycles. The van der Waals surface area contributed by atoms with Gasteiger partial charge in [0.05, 0.1) is 13.2 Å². The summed E-state index contributed by atoms with van der Waals surface area (Å²) in [5.74, 6) is 1.75. The van der Waals surface area contributed by atoms with E-state index in [2.05, 4.69) is 6.92 Å². The molecule has 3 rings (SSSR count). The summed E-state index contributed by atoms with van der Waals surface area (Å²) in [5, 5.41) is 0. The highest BCUT2D eigenvalue weighted by Crippen LogP contribution is 2.45. The molecule has 2 aromatic carbocycles. The van der Waals surface area contributed by atoms with Crippen molar-refractivity contribution >= 4 is 7.82 Å². The molecule has 44 heavy (non-hydrogen) atoms. The topological polar surface area (TPSA) is 89.9 Å². The normalized spacial score (nSPS) is 14.9. The van der Waals surface area contributed by atoms with Crippen molar-refractivity contribution in [2.75, 3.05) is 34.0 Å². The summed E-state index contributed by atoms with van der Waals surface area (Å²) in [6, 6.07) is 12.8. The molecule has 1 N–H and O–H groups in total. The fourth-order valence-corrected chi connectivity index (χ4v) is 5.72. The van der Waals surface area contributed by atoms with E-state index in [9.17, 15) is 9.46 Å². The van der Waals surface area contributed by atoms with Gasteiger partial charge in [-0.2, -0.15) is 0 Å². The van der Waals surface area contributed by atoms with Crippen LogP contribution in [0.4, 0.5) is 0 Å². The summed E-state index contributed by atoms with van der Waals surface area (Å²) >= 11 is 0. The van der Waals surface area contributed by atoms with Gasteiger partial charge >= 0.3 is 7.82 Å². The van der Waals surface area contributed by atoms with E-state index in [4.69, 9.17) is 23.3 Å². The molecule has 0 aliphatic carbocycles. The number of hydrogen-bond acceptors (Lipinski definition) is 8. The van der Waals surface area contributed by atoms with E-state index in [1.807, 2.05) is 73.2 Å². The van der Waals surface area contributed by atoms with Gasteiger partial charge in [-0.3, -0.25) is 9.42 Å². The molecule has 0 amide bonds. The molecule has 2 unspecified atom stereocenters. The summed E-state index contributed by atoms with van der Waals surface area (Å²) in [6.07, 6.45) is 16.1. The molecule has 0 fully saturated rings. The third-order valence-corrected chi connectivity index (χ3v) is 8.44. The van der Waals surface area contributed by atoms with Gasteiger partial charge in [0.15, 0.2) is 0 Å². The van der Waals surface area contributed by atoms with Crippen LogP contribution in [0.15, 0.2) is 54.9 Å². The van der Waals surface area contributed by atoms with Crippen molar-refractivity contribution in [3.8, 4) is 17.2 Å². The lowest BCUT2D eigenvalue weighted by Gasteiger charge is -2.22. The Bertz CT molecular complexity index is 1180. The molecule has 1 aliphatic heterocycles. The predicted octanol–water partition coefficient (Wildman–Crippen LogP) is 8.22. The fraction of sp³-hybridized carbons (Fsp3) is 0.559. The number of para-hydroxylation sites is 1. The first kappa shape index (κ1) is 35.8. The summed E-state index contributed by atoms with van der Waals surface area (Å²) < 4.78 is 41.1. The Labute approximate surface area is 264 Å².